The van der Waals surface area contributed by atoms with Crippen molar-refractivity contribution in [2.45, 2.75) is 212 Å². The second-order valence-corrected chi connectivity index (χ2v) is 16.6. The molecule has 0 aromatic heterocycles. The fourth-order valence-electron chi connectivity index (χ4n) is 5.91. The van der Waals surface area contributed by atoms with Gasteiger partial charge >= 0.3 is 5.97 Å². The maximum atomic E-state index is 12.6. The van der Waals surface area contributed by atoms with Crippen LogP contribution in [0.1, 0.15) is 201 Å². The van der Waals surface area contributed by atoms with E-state index >= 15 is 0 Å². The molecule has 0 heterocycles. The summed E-state index contributed by atoms with van der Waals surface area (Å²) in [7, 11) is 8.61. The van der Waals surface area contributed by atoms with E-state index in [2.05, 4.69) is 67.4 Å². The lowest BCUT2D eigenvalue weighted by Gasteiger charge is -2.17. The SMILES string of the molecule is CCCCCCCCCC(CCCCCC=CC(=O)OC(CCCCCCCC)CCCCCCCC)SSCCCN(C)C. The topological polar surface area (TPSA) is 29.5 Å². The van der Waals surface area contributed by atoms with Gasteiger partial charge in [-0.1, -0.05) is 170 Å². The molecule has 0 aliphatic heterocycles. The van der Waals surface area contributed by atoms with Crippen LogP contribution in [0.25, 0.3) is 0 Å². The van der Waals surface area contributed by atoms with Gasteiger partial charge in [0, 0.05) is 17.1 Å². The average molecular weight is 670 g/mol. The lowest BCUT2D eigenvalue weighted by atomic mass is 10.0. The molecule has 45 heavy (non-hydrogen) atoms. The van der Waals surface area contributed by atoms with E-state index in [0.717, 1.165) is 24.5 Å². The molecule has 5 heteroatoms. The molecule has 0 N–H and O–H groups in total. The largest absolute Gasteiger partial charge is 0.459 e. The standard InChI is InChI=1S/C40H79NO2S2/c1-6-9-12-15-18-22-27-33-39(45-44-37-30-36-41(4)5)34-28-23-19-24-29-35-40(42)43-38(31-25-20-16-13-10-7-2)32-26-21-17-14-11-8-3/h29,35,38-39H,6-28,30-34,36-37H2,1-5H3. The Hall–Kier alpha value is -0.130. The molecule has 1 atom stereocenters. The summed E-state index contributed by atoms with van der Waals surface area (Å²) in [5.74, 6) is 1.14. The van der Waals surface area contributed by atoms with Crippen molar-refractivity contribution in [2.24, 2.45) is 0 Å². The number of rotatable bonds is 36. The van der Waals surface area contributed by atoms with Gasteiger partial charge in [-0.3, -0.25) is 0 Å². The molecule has 268 valence electrons. The van der Waals surface area contributed by atoms with E-state index in [1.165, 1.54) is 173 Å². The van der Waals surface area contributed by atoms with Gasteiger partial charge in [0.25, 0.3) is 0 Å². The summed E-state index contributed by atoms with van der Waals surface area (Å²) in [5.41, 5.74) is 0. The molecule has 1 unspecified atom stereocenters. The number of carbonyl (C=O) groups is 1. The molecule has 3 nitrogen and oxygen atoms in total. The molecular formula is C40H79NO2S2. The zero-order valence-corrected chi connectivity index (χ0v) is 32.7. The van der Waals surface area contributed by atoms with Crippen LogP contribution in [0.2, 0.25) is 0 Å². The van der Waals surface area contributed by atoms with Crippen LogP contribution in [0.3, 0.4) is 0 Å². The lowest BCUT2D eigenvalue weighted by Crippen LogP contribution is -2.17. The van der Waals surface area contributed by atoms with Crippen LogP contribution in [0.15, 0.2) is 12.2 Å². The highest BCUT2D eigenvalue weighted by atomic mass is 33.1. The number of esters is 1. The summed E-state index contributed by atoms with van der Waals surface area (Å²) in [4.78, 5) is 14.9. The fourth-order valence-corrected chi connectivity index (χ4v) is 8.77. The molecule has 0 aromatic rings. The van der Waals surface area contributed by atoms with Gasteiger partial charge in [-0.25, -0.2) is 4.79 Å². The zero-order chi connectivity index (χ0) is 33.1. The Balaban J connectivity index is 4.37. The summed E-state index contributed by atoms with van der Waals surface area (Å²) in [6, 6.07) is 0. The molecule has 0 rings (SSSR count). The maximum absolute atomic E-state index is 12.6. The number of hydrogen-bond acceptors (Lipinski definition) is 5. The molecule has 0 fully saturated rings. The van der Waals surface area contributed by atoms with Gasteiger partial charge in [0.05, 0.1) is 0 Å². The minimum atomic E-state index is -0.116. The van der Waals surface area contributed by atoms with E-state index in [0.29, 0.717) is 0 Å². The highest BCUT2D eigenvalue weighted by Crippen LogP contribution is 2.34. The first kappa shape index (κ1) is 44.9. The van der Waals surface area contributed by atoms with Gasteiger partial charge in [0.1, 0.15) is 6.10 Å². The van der Waals surface area contributed by atoms with Crippen molar-refractivity contribution in [2.75, 3.05) is 26.4 Å². The van der Waals surface area contributed by atoms with Gasteiger partial charge in [-0.15, -0.1) is 0 Å². The second-order valence-electron chi connectivity index (χ2n) is 13.8. The van der Waals surface area contributed by atoms with Crippen molar-refractivity contribution in [1.82, 2.24) is 4.90 Å². The van der Waals surface area contributed by atoms with Crippen molar-refractivity contribution in [3.8, 4) is 0 Å². The molecule has 0 spiro atoms. The number of carbonyl (C=O) groups excluding carboxylic acids is 1. The fraction of sp³-hybridized carbons (Fsp3) is 0.925. The summed E-state index contributed by atoms with van der Waals surface area (Å²) < 4.78 is 5.97. The second kappa shape index (κ2) is 36.7. The predicted octanol–water partition coefficient (Wildman–Crippen LogP) is 13.7. The number of ether oxygens (including phenoxy) is 1. The van der Waals surface area contributed by atoms with Crippen molar-refractivity contribution in [3.05, 3.63) is 12.2 Å². The first-order valence-corrected chi connectivity index (χ1v) is 22.2. The Bertz CT molecular complexity index is 611. The highest BCUT2D eigenvalue weighted by Gasteiger charge is 2.13. The van der Waals surface area contributed by atoms with Crippen LogP contribution in [0.4, 0.5) is 0 Å². The Kier molecular flexibility index (Phi) is 36.6. The zero-order valence-electron chi connectivity index (χ0n) is 31.1. The Morgan fingerprint density at radius 3 is 1.53 bits per heavy atom. The highest BCUT2D eigenvalue weighted by molar-refractivity contribution is 8.76. The predicted molar refractivity (Wildman–Crippen MR) is 208 cm³/mol. The van der Waals surface area contributed by atoms with E-state index < -0.39 is 0 Å². The molecule has 0 radical (unpaired) electrons. The van der Waals surface area contributed by atoms with Crippen LogP contribution < -0.4 is 0 Å². The van der Waals surface area contributed by atoms with Crippen LogP contribution in [-0.4, -0.2) is 48.6 Å². The Morgan fingerprint density at radius 2 is 1.04 bits per heavy atom. The Morgan fingerprint density at radius 1 is 0.600 bits per heavy atom. The quantitative estimate of drug-likeness (QED) is 0.0287. The van der Waals surface area contributed by atoms with Crippen molar-refractivity contribution in [1.29, 1.82) is 0 Å². The smallest absolute Gasteiger partial charge is 0.330 e. The molecule has 0 saturated heterocycles. The van der Waals surface area contributed by atoms with Crippen LogP contribution >= 0.6 is 21.6 Å². The number of allylic oxidation sites excluding steroid dienone is 1. The average Bonchev–Trinajstić information content (AvgIpc) is 3.02. The molecule has 0 aliphatic carbocycles. The summed E-state index contributed by atoms with van der Waals surface area (Å²) in [6.07, 6.45) is 40.0. The van der Waals surface area contributed by atoms with E-state index in [9.17, 15) is 4.79 Å². The van der Waals surface area contributed by atoms with Gasteiger partial charge in [0.15, 0.2) is 0 Å². The van der Waals surface area contributed by atoms with Crippen molar-refractivity contribution >= 4 is 27.6 Å². The van der Waals surface area contributed by atoms with Crippen molar-refractivity contribution in [3.63, 3.8) is 0 Å². The number of hydrogen-bond donors (Lipinski definition) is 0. The van der Waals surface area contributed by atoms with Gasteiger partial charge in [0.2, 0.25) is 0 Å². The van der Waals surface area contributed by atoms with E-state index in [1.807, 2.05) is 0 Å². The van der Waals surface area contributed by atoms with Crippen LogP contribution in [0.5, 0.6) is 0 Å². The van der Waals surface area contributed by atoms with E-state index in [-0.39, 0.29) is 12.1 Å². The third-order valence-electron chi connectivity index (χ3n) is 8.86. The Labute approximate surface area is 291 Å². The molecule has 0 aliphatic rings. The van der Waals surface area contributed by atoms with Gasteiger partial charge in [-0.05, 0) is 78.4 Å². The summed E-state index contributed by atoms with van der Waals surface area (Å²) in [6.45, 7) is 8.03. The van der Waals surface area contributed by atoms with E-state index in [4.69, 9.17) is 4.74 Å². The minimum absolute atomic E-state index is 0.103. The molecule has 0 bridgehead atoms. The summed E-state index contributed by atoms with van der Waals surface area (Å²) in [5, 5.41) is 0.797. The third-order valence-corrected chi connectivity index (χ3v) is 11.9. The lowest BCUT2D eigenvalue weighted by molar-refractivity contribution is -0.143. The van der Waals surface area contributed by atoms with Gasteiger partial charge < -0.3 is 9.64 Å². The molecule has 0 saturated carbocycles. The number of unbranched alkanes of at least 4 members (excludes halogenated alkanes) is 19. The van der Waals surface area contributed by atoms with Crippen molar-refractivity contribution < 1.29 is 9.53 Å². The summed E-state index contributed by atoms with van der Waals surface area (Å²) >= 11 is 0. The normalized spacial score (nSPS) is 12.6. The minimum Gasteiger partial charge on any atom is -0.459 e. The van der Waals surface area contributed by atoms with E-state index in [1.54, 1.807) is 6.08 Å². The maximum Gasteiger partial charge on any atom is 0.330 e. The first-order valence-electron chi connectivity index (χ1n) is 19.8. The molecule has 0 amide bonds. The number of nitrogens with zero attached hydrogens (tertiary/aromatic N) is 1. The third kappa shape index (κ3) is 35.0. The molecular weight excluding hydrogens is 591 g/mol. The van der Waals surface area contributed by atoms with Crippen LogP contribution in [0, 0.1) is 0 Å². The van der Waals surface area contributed by atoms with Gasteiger partial charge in [-0.2, -0.15) is 0 Å². The molecule has 0 aromatic carbocycles. The first-order chi connectivity index (χ1) is 22.0. The monoisotopic (exact) mass is 670 g/mol. The van der Waals surface area contributed by atoms with Crippen LogP contribution in [-0.2, 0) is 9.53 Å².